The first kappa shape index (κ1) is 20.8. The molecule has 0 saturated heterocycles. The second-order valence-electron chi connectivity index (χ2n) is 8.35. The van der Waals surface area contributed by atoms with Crippen molar-refractivity contribution < 1.29 is 4.74 Å². The first-order valence-electron chi connectivity index (χ1n) is 10.8. The Labute approximate surface area is 191 Å². The van der Waals surface area contributed by atoms with Crippen LogP contribution in [0.3, 0.4) is 0 Å². The number of rotatable bonds is 6. The predicted molar refractivity (Wildman–Crippen MR) is 127 cm³/mol. The molecule has 33 heavy (non-hydrogen) atoms. The van der Waals surface area contributed by atoms with Crippen LogP contribution in [-0.2, 0) is 20.5 Å². The molecule has 0 saturated carbocycles. The number of aromatic nitrogens is 7. The quantitative estimate of drug-likeness (QED) is 0.394. The van der Waals surface area contributed by atoms with Crippen molar-refractivity contribution in [2.75, 3.05) is 0 Å². The van der Waals surface area contributed by atoms with Crippen LogP contribution in [-0.4, -0.2) is 40.6 Å². The minimum atomic E-state index is 0.0480. The average molecular weight is 440 g/mol. The second kappa shape index (κ2) is 8.46. The Kier molecular flexibility index (Phi) is 5.34. The summed E-state index contributed by atoms with van der Waals surface area (Å²) in [7, 11) is 3.80. The number of ether oxygens (including phenoxy) is 1. The monoisotopic (exact) mass is 439 g/mol. The van der Waals surface area contributed by atoms with Gasteiger partial charge in [-0.1, -0.05) is 12.1 Å². The van der Waals surface area contributed by atoms with E-state index in [1.165, 1.54) is 0 Å². The molecule has 0 atom stereocenters. The van der Waals surface area contributed by atoms with Crippen LogP contribution in [0.15, 0.2) is 61.4 Å². The fourth-order valence-electron chi connectivity index (χ4n) is 3.82. The van der Waals surface area contributed by atoms with E-state index >= 15 is 0 Å². The van der Waals surface area contributed by atoms with Gasteiger partial charge in [0, 0.05) is 67.4 Å². The molecular weight excluding hydrogens is 414 g/mol. The Morgan fingerprint density at radius 1 is 0.879 bits per heavy atom. The molecule has 4 heterocycles. The molecule has 1 aromatic carbocycles. The molecule has 0 aliphatic carbocycles. The first-order chi connectivity index (χ1) is 16.0. The topological polar surface area (TPSA) is 83.5 Å². The van der Waals surface area contributed by atoms with Gasteiger partial charge in [-0.05, 0) is 31.5 Å². The first-order valence-corrected chi connectivity index (χ1v) is 10.8. The second-order valence-corrected chi connectivity index (χ2v) is 8.35. The van der Waals surface area contributed by atoms with Gasteiger partial charge in [-0.15, -0.1) is 0 Å². The van der Waals surface area contributed by atoms with Gasteiger partial charge in [0.05, 0.1) is 24.2 Å². The lowest BCUT2D eigenvalue weighted by molar-refractivity contribution is 0.240. The van der Waals surface area contributed by atoms with Gasteiger partial charge in [0.2, 0.25) is 0 Å². The van der Waals surface area contributed by atoms with Crippen molar-refractivity contribution in [3.8, 4) is 28.1 Å². The molecule has 0 radical (unpaired) electrons. The predicted octanol–water partition coefficient (Wildman–Crippen LogP) is 4.20. The lowest BCUT2D eigenvalue weighted by Crippen LogP contribution is -2.08. The van der Waals surface area contributed by atoms with Crippen LogP contribution in [0.5, 0.6) is 5.75 Å². The molecule has 5 rings (SSSR count). The van der Waals surface area contributed by atoms with Gasteiger partial charge in [-0.2, -0.15) is 10.2 Å². The summed E-state index contributed by atoms with van der Waals surface area (Å²) in [6.07, 6.45) is 11.8. The highest BCUT2D eigenvalue weighted by Gasteiger charge is 2.14. The van der Waals surface area contributed by atoms with Gasteiger partial charge in [-0.25, -0.2) is 9.97 Å². The number of fused-ring (bicyclic) bond motifs is 1. The summed E-state index contributed by atoms with van der Waals surface area (Å²) in [6, 6.07) is 8.16. The fourth-order valence-corrected chi connectivity index (χ4v) is 3.82. The van der Waals surface area contributed by atoms with Crippen molar-refractivity contribution >= 4 is 10.9 Å². The molecule has 5 aromatic rings. The zero-order valence-electron chi connectivity index (χ0n) is 19.1. The molecular formula is C25H25N7O. The SMILES string of the molecule is CC(C)Oc1cc(-c2cnn(C)c2)ccc1Cc1ncc2ccnc(-c3cnn(C)c3)c2n1. The Morgan fingerprint density at radius 2 is 1.64 bits per heavy atom. The maximum atomic E-state index is 6.16. The highest BCUT2D eigenvalue weighted by Crippen LogP contribution is 2.30. The standard InChI is InChI=1S/C25H25N7O/c1-16(2)33-22-9-17(20-12-28-31(3)14-20)5-6-18(22)10-23-27-11-19-7-8-26-24(25(19)30-23)21-13-29-32(4)15-21/h5-9,11-16H,10H2,1-4H3. The number of hydrogen-bond acceptors (Lipinski definition) is 6. The summed E-state index contributed by atoms with van der Waals surface area (Å²) in [5, 5.41) is 9.50. The number of hydrogen-bond donors (Lipinski definition) is 0. The third-order valence-electron chi connectivity index (χ3n) is 5.34. The largest absolute Gasteiger partial charge is 0.491 e. The normalized spacial score (nSPS) is 11.4. The molecule has 8 nitrogen and oxygen atoms in total. The van der Waals surface area contributed by atoms with Crippen molar-refractivity contribution in [2.24, 2.45) is 14.1 Å². The van der Waals surface area contributed by atoms with Crippen molar-refractivity contribution in [1.29, 1.82) is 0 Å². The van der Waals surface area contributed by atoms with Crippen LogP contribution < -0.4 is 4.74 Å². The van der Waals surface area contributed by atoms with Crippen LogP contribution in [0.2, 0.25) is 0 Å². The molecule has 0 fully saturated rings. The fraction of sp³-hybridized carbons (Fsp3) is 0.240. The van der Waals surface area contributed by atoms with Crippen molar-refractivity contribution in [3.63, 3.8) is 0 Å². The highest BCUT2D eigenvalue weighted by molar-refractivity contribution is 5.90. The number of benzene rings is 1. The van der Waals surface area contributed by atoms with Crippen LogP contribution in [0.1, 0.15) is 25.2 Å². The average Bonchev–Trinajstić information content (AvgIpc) is 3.42. The van der Waals surface area contributed by atoms with E-state index in [9.17, 15) is 0 Å². The minimum absolute atomic E-state index is 0.0480. The van der Waals surface area contributed by atoms with Crippen LogP contribution in [0.4, 0.5) is 0 Å². The zero-order chi connectivity index (χ0) is 22.9. The molecule has 8 heteroatoms. The van der Waals surface area contributed by atoms with E-state index in [4.69, 9.17) is 9.72 Å². The number of nitrogens with zero attached hydrogens (tertiary/aromatic N) is 7. The molecule has 0 aliphatic heterocycles. The smallest absolute Gasteiger partial charge is 0.133 e. The van der Waals surface area contributed by atoms with E-state index in [1.807, 2.05) is 58.8 Å². The van der Waals surface area contributed by atoms with Crippen molar-refractivity contribution in [2.45, 2.75) is 26.4 Å². The molecule has 0 unspecified atom stereocenters. The van der Waals surface area contributed by atoms with Crippen LogP contribution >= 0.6 is 0 Å². The lowest BCUT2D eigenvalue weighted by atomic mass is 10.0. The van der Waals surface area contributed by atoms with Crippen LogP contribution in [0.25, 0.3) is 33.3 Å². The van der Waals surface area contributed by atoms with Gasteiger partial charge in [0.1, 0.15) is 17.1 Å². The summed E-state index contributed by atoms with van der Waals surface area (Å²) in [4.78, 5) is 14.1. The summed E-state index contributed by atoms with van der Waals surface area (Å²) in [5.74, 6) is 1.54. The molecule has 166 valence electrons. The summed E-state index contributed by atoms with van der Waals surface area (Å²) < 4.78 is 9.72. The lowest BCUT2D eigenvalue weighted by Gasteiger charge is -2.15. The van der Waals surface area contributed by atoms with Gasteiger partial charge in [0.15, 0.2) is 0 Å². The third kappa shape index (κ3) is 4.32. The molecule has 0 amide bonds. The van der Waals surface area contributed by atoms with E-state index in [-0.39, 0.29) is 6.10 Å². The minimum Gasteiger partial charge on any atom is -0.491 e. The van der Waals surface area contributed by atoms with E-state index in [1.54, 1.807) is 21.8 Å². The summed E-state index contributed by atoms with van der Waals surface area (Å²) in [5.41, 5.74) is 5.68. The third-order valence-corrected chi connectivity index (χ3v) is 5.34. The van der Waals surface area contributed by atoms with E-state index < -0.39 is 0 Å². The Hall–Kier alpha value is -4.07. The number of aryl methyl sites for hydroxylation is 2. The Bertz CT molecular complexity index is 1430. The van der Waals surface area contributed by atoms with E-state index in [0.717, 1.165) is 44.6 Å². The number of pyridine rings is 1. The maximum absolute atomic E-state index is 6.16. The molecule has 0 aliphatic rings. The Balaban J connectivity index is 1.53. The van der Waals surface area contributed by atoms with E-state index in [2.05, 4.69) is 38.4 Å². The van der Waals surface area contributed by atoms with Crippen molar-refractivity contribution in [1.82, 2.24) is 34.5 Å². The zero-order valence-corrected chi connectivity index (χ0v) is 19.1. The molecule has 0 spiro atoms. The maximum Gasteiger partial charge on any atom is 0.133 e. The molecule has 0 N–H and O–H groups in total. The highest BCUT2D eigenvalue weighted by atomic mass is 16.5. The van der Waals surface area contributed by atoms with Crippen LogP contribution in [0, 0.1) is 0 Å². The van der Waals surface area contributed by atoms with Gasteiger partial charge >= 0.3 is 0 Å². The summed E-state index contributed by atoms with van der Waals surface area (Å²) in [6.45, 7) is 4.05. The van der Waals surface area contributed by atoms with Gasteiger partial charge in [0.25, 0.3) is 0 Å². The Morgan fingerprint density at radius 3 is 2.33 bits per heavy atom. The van der Waals surface area contributed by atoms with E-state index in [0.29, 0.717) is 12.2 Å². The van der Waals surface area contributed by atoms with Gasteiger partial charge in [-0.3, -0.25) is 14.3 Å². The molecule has 4 aromatic heterocycles. The van der Waals surface area contributed by atoms with Crippen molar-refractivity contribution in [3.05, 3.63) is 72.8 Å². The molecule has 0 bridgehead atoms. The summed E-state index contributed by atoms with van der Waals surface area (Å²) >= 11 is 0. The van der Waals surface area contributed by atoms with Gasteiger partial charge < -0.3 is 4.74 Å².